The molecule has 2 aromatic rings. The van der Waals surface area contributed by atoms with Crippen LogP contribution >= 0.6 is 0 Å². The summed E-state index contributed by atoms with van der Waals surface area (Å²) in [6.07, 6.45) is 2.34. The van der Waals surface area contributed by atoms with Gasteiger partial charge in [-0.15, -0.1) is 0 Å². The molecule has 5 nitrogen and oxygen atoms in total. The lowest BCUT2D eigenvalue weighted by molar-refractivity contribution is -0.877. The highest BCUT2D eigenvalue weighted by Crippen LogP contribution is 2.17. The van der Waals surface area contributed by atoms with E-state index < -0.39 is 0 Å². The summed E-state index contributed by atoms with van der Waals surface area (Å²) in [5.41, 5.74) is 17.8. The van der Waals surface area contributed by atoms with Crippen molar-refractivity contribution in [2.75, 3.05) is 55.3 Å². The molecule has 0 aliphatic rings. The molecular formula is C23H40N5+. The van der Waals surface area contributed by atoms with Gasteiger partial charge in [0.25, 0.3) is 0 Å². The fourth-order valence-corrected chi connectivity index (χ4v) is 2.64. The first kappa shape index (κ1) is 23.6. The summed E-state index contributed by atoms with van der Waals surface area (Å²) in [6.45, 7) is 12.9. The van der Waals surface area contributed by atoms with Crippen LogP contribution in [0, 0.1) is 13.8 Å². The smallest absolute Gasteiger partial charge is 0.0785 e. The van der Waals surface area contributed by atoms with Gasteiger partial charge in [0.2, 0.25) is 0 Å². The fraction of sp³-hybridized carbons (Fsp3) is 0.478. The van der Waals surface area contributed by atoms with Crippen LogP contribution < -0.4 is 27.0 Å². The Morgan fingerprint density at radius 2 is 1.32 bits per heavy atom. The predicted molar refractivity (Wildman–Crippen MR) is 125 cm³/mol. The molecule has 0 saturated heterocycles. The number of aryl methyl sites for hydroxylation is 2. The molecule has 156 valence electrons. The van der Waals surface area contributed by atoms with Gasteiger partial charge in [-0.25, -0.2) is 0 Å². The third kappa shape index (κ3) is 9.00. The Labute approximate surface area is 171 Å². The Kier molecular flexibility index (Phi) is 10.9. The summed E-state index contributed by atoms with van der Waals surface area (Å²) in [5, 5.41) is 6.73. The third-order valence-corrected chi connectivity index (χ3v) is 4.83. The zero-order chi connectivity index (χ0) is 20.9. The molecule has 2 rings (SSSR count). The fourth-order valence-electron chi connectivity index (χ4n) is 2.64. The SMILES string of the molecule is CCCNc1ccc(N)c(C)c1.CC[NH+](C)CCCNc1ccc(N)c(C)c1. The third-order valence-electron chi connectivity index (χ3n) is 4.83. The van der Waals surface area contributed by atoms with Gasteiger partial charge in [0, 0.05) is 42.3 Å². The topological polar surface area (TPSA) is 80.5 Å². The quantitative estimate of drug-likeness (QED) is 0.338. The second kappa shape index (κ2) is 12.9. The van der Waals surface area contributed by atoms with Gasteiger partial charge in [-0.05, 0) is 74.7 Å². The van der Waals surface area contributed by atoms with Crippen molar-refractivity contribution < 1.29 is 4.90 Å². The van der Waals surface area contributed by atoms with Crippen LogP contribution in [-0.4, -0.2) is 33.2 Å². The molecule has 0 aliphatic heterocycles. The molecule has 0 amide bonds. The lowest BCUT2D eigenvalue weighted by Crippen LogP contribution is -3.08. The van der Waals surface area contributed by atoms with Gasteiger partial charge in [-0.2, -0.15) is 0 Å². The highest BCUT2D eigenvalue weighted by molar-refractivity contribution is 5.57. The van der Waals surface area contributed by atoms with Crippen molar-refractivity contribution in [2.45, 2.75) is 40.5 Å². The standard InChI is InChI=1S/C13H23N3.C10H16N2/c1-4-16(3)9-5-8-15-12-6-7-13(14)11(2)10-12;1-3-6-12-9-4-5-10(11)8(2)7-9/h6-7,10,15H,4-5,8-9,14H2,1-3H3;4-5,7,12H,3,6,11H2,1-2H3/p+1. The average Bonchev–Trinajstić information content (AvgIpc) is 2.69. The first-order valence-electron chi connectivity index (χ1n) is 10.4. The van der Waals surface area contributed by atoms with Crippen LogP contribution in [0.15, 0.2) is 36.4 Å². The van der Waals surface area contributed by atoms with Crippen LogP contribution in [-0.2, 0) is 0 Å². The lowest BCUT2D eigenvalue weighted by atomic mass is 10.2. The van der Waals surface area contributed by atoms with Gasteiger partial charge in [0.05, 0.1) is 20.1 Å². The van der Waals surface area contributed by atoms with Crippen molar-refractivity contribution in [1.29, 1.82) is 0 Å². The Hall–Kier alpha value is -2.40. The summed E-state index contributed by atoms with van der Waals surface area (Å²) in [6, 6.07) is 12.1. The van der Waals surface area contributed by atoms with Crippen molar-refractivity contribution in [3.8, 4) is 0 Å². The van der Waals surface area contributed by atoms with Crippen LogP contribution in [0.1, 0.15) is 37.8 Å². The number of nitrogens with two attached hydrogens (primary N) is 2. The number of hydrogen-bond donors (Lipinski definition) is 5. The number of rotatable bonds is 9. The number of nitrogen functional groups attached to an aromatic ring is 2. The van der Waals surface area contributed by atoms with E-state index in [9.17, 15) is 0 Å². The van der Waals surface area contributed by atoms with Crippen LogP contribution in [0.2, 0.25) is 0 Å². The molecule has 0 aliphatic carbocycles. The molecule has 7 N–H and O–H groups in total. The van der Waals surface area contributed by atoms with Crippen LogP contribution in [0.25, 0.3) is 0 Å². The van der Waals surface area contributed by atoms with Gasteiger partial charge in [-0.3, -0.25) is 0 Å². The van der Waals surface area contributed by atoms with E-state index in [1.54, 1.807) is 4.90 Å². The first-order valence-corrected chi connectivity index (χ1v) is 10.4. The van der Waals surface area contributed by atoms with Crippen molar-refractivity contribution in [2.24, 2.45) is 0 Å². The minimum atomic E-state index is 0.858. The molecule has 1 atom stereocenters. The van der Waals surface area contributed by atoms with Gasteiger partial charge in [0.15, 0.2) is 0 Å². The molecule has 28 heavy (non-hydrogen) atoms. The van der Waals surface area contributed by atoms with Gasteiger partial charge < -0.3 is 27.0 Å². The predicted octanol–water partition coefficient (Wildman–Crippen LogP) is 3.31. The molecule has 0 saturated carbocycles. The summed E-state index contributed by atoms with van der Waals surface area (Å²) < 4.78 is 0. The maximum Gasteiger partial charge on any atom is 0.0785 e. The molecule has 0 aromatic heterocycles. The van der Waals surface area contributed by atoms with E-state index in [1.807, 2.05) is 38.1 Å². The monoisotopic (exact) mass is 386 g/mol. The summed E-state index contributed by atoms with van der Waals surface area (Å²) >= 11 is 0. The number of anilines is 4. The van der Waals surface area contributed by atoms with E-state index in [-0.39, 0.29) is 0 Å². The second-order valence-corrected chi connectivity index (χ2v) is 7.41. The van der Waals surface area contributed by atoms with Crippen molar-refractivity contribution >= 4 is 22.7 Å². The molecule has 5 heteroatoms. The molecule has 0 radical (unpaired) electrons. The normalized spacial score (nSPS) is 11.3. The number of quaternary nitrogens is 1. The number of benzene rings is 2. The lowest BCUT2D eigenvalue weighted by Gasteiger charge is -2.12. The zero-order valence-electron chi connectivity index (χ0n) is 18.4. The van der Waals surface area contributed by atoms with Crippen LogP contribution in [0.4, 0.5) is 22.7 Å². The molecular weight excluding hydrogens is 346 g/mol. The Morgan fingerprint density at radius 1 is 0.821 bits per heavy atom. The molecule has 0 spiro atoms. The Morgan fingerprint density at radius 3 is 1.75 bits per heavy atom. The summed E-state index contributed by atoms with van der Waals surface area (Å²) in [5.74, 6) is 0. The average molecular weight is 387 g/mol. The van der Waals surface area contributed by atoms with E-state index >= 15 is 0 Å². The van der Waals surface area contributed by atoms with Crippen LogP contribution in [0.5, 0.6) is 0 Å². The zero-order valence-corrected chi connectivity index (χ0v) is 18.4. The highest BCUT2D eigenvalue weighted by atomic mass is 15.1. The summed E-state index contributed by atoms with van der Waals surface area (Å²) in [4.78, 5) is 1.58. The van der Waals surface area contributed by atoms with E-state index in [2.05, 4.69) is 43.7 Å². The van der Waals surface area contributed by atoms with Crippen molar-refractivity contribution in [3.63, 3.8) is 0 Å². The van der Waals surface area contributed by atoms with Crippen molar-refractivity contribution in [1.82, 2.24) is 0 Å². The summed E-state index contributed by atoms with van der Waals surface area (Å²) in [7, 11) is 2.23. The largest absolute Gasteiger partial charge is 0.399 e. The minimum absolute atomic E-state index is 0.858. The second-order valence-electron chi connectivity index (χ2n) is 7.41. The van der Waals surface area contributed by atoms with E-state index in [4.69, 9.17) is 11.5 Å². The van der Waals surface area contributed by atoms with E-state index in [0.717, 1.165) is 47.7 Å². The molecule has 2 aromatic carbocycles. The highest BCUT2D eigenvalue weighted by Gasteiger charge is 1.99. The van der Waals surface area contributed by atoms with Crippen molar-refractivity contribution in [3.05, 3.63) is 47.5 Å². The number of nitrogens with one attached hydrogen (secondary N) is 3. The van der Waals surface area contributed by atoms with Gasteiger partial charge in [-0.1, -0.05) is 6.92 Å². The first-order chi connectivity index (χ1) is 13.4. The Bertz CT molecular complexity index is 699. The maximum atomic E-state index is 5.77. The molecule has 0 bridgehead atoms. The van der Waals surface area contributed by atoms with Gasteiger partial charge in [0.1, 0.15) is 0 Å². The molecule has 1 unspecified atom stereocenters. The van der Waals surface area contributed by atoms with Gasteiger partial charge >= 0.3 is 0 Å². The van der Waals surface area contributed by atoms with E-state index in [0.29, 0.717) is 0 Å². The minimum Gasteiger partial charge on any atom is -0.399 e. The molecule has 0 heterocycles. The maximum absolute atomic E-state index is 5.77. The number of hydrogen-bond acceptors (Lipinski definition) is 4. The molecule has 0 fully saturated rings. The van der Waals surface area contributed by atoms with E-state index in [1.165, 1.54) is 25.2 Å². The van der Waals surface area contributed by atoms with Crippen LogP contribution in [0.3, 0.4) is 0 Å². The Balaban J connectivity index is 0.000000292.